The summed E-state index contributed by atoms with van der Waals surface area (Å²) in [7, 11) is 0. The highest BCUT2D eigenvalue weighted by Gasteiger charge is 2.01. The molecule has 1 aromatic heterocycles. The summed E-state index contributed by atoms with van der Waals surface area (Å²) in [5.41, 5.74) is 2.27. The van der Waals surface area contributed by atoms with E-state index in [9.17, 15) is 0 Å². The lowest BCUT2D eigenvalue weighted by molar-refractivity contribution is 0.931. The minimum atomic E-state index is 0.805. The molecule has 2 aromatic rings. The molecule has 0 saturated carbocycles. The lowest BCUT2D eigenvalue weighted by Crippen LogP contribution is -1.99. The molecule has 4 heteroatoms. The van der Waals surface area contributed by atoms with Gasteiger partial charge in [-0.1, -0.05) is 24.6 Å². The molecule has 88 valence electrons. The number of halogens is 1. The van der Waals surface area contributed by atoms with Crippen LogP contribution >= 0.6 is 15.9 Å². The van der Waals surface area contributed by atoms with E-state index in [1.54, 1.807) is 0 Å². The van der Waals surface area contributed by atoms with Crippen molar-refractivity contribution >= 4 is 27.4 Å². The monoisotopic (exact) mass is 291 g/mol. The van der Waals surface area contributed by atoms with Crippen LogP contribution in [0.2, 0.25) is 0 Å². The molecule has 0 bridgehead atoms. The van der Waals surface area contributed by atoms with Crippen LogP contribution in [0.4, 0.5) is 11.5 Å². The van der Waals surface area contributed by atoms with Gasteiger partial charge >= 0.3 is 0 Å². The molecule has 0 aliphatic carbocycles. The Kier molecular flexibility index (Phi) is 3.74. The maximum Gasteiger partial charge on any atom is 0.135 e. The molecule has 0 saturated heterocycles. The van der Waals surface area contributed by atoms with Crippen LogP contribution in [0.25, 0.3) is 0 Å². The second-order valence-corrected chi connectivity index (χ2v) is 4.65. The van der Waals surface area contributed by atoms with Crippen molar-refractivity contribution in [1.82, 2.24) is 9.97 Å². The van der Waals surface area contributed by atoms with Gasteiger partial charge in [0.15, 0.2) is 0 Å². The summed E-state index contributed by atoms with van der Waals surface area (Å²) in [6.45, 7) is 4.11. The fraction of sp³-hybridized carbons (Fsp3) is 0.231. The highest BCUT2D eigenvalue weighted by atomic mass is 79.9. The third-order valence-corrected chi connectivity index (χ3v) is 2.79. The van der Waals surface area contributed by atoms with Gasteiger partial charge < -0.3 is 5.32 Å². The molecule has 0 radical (unpaired) electrons. The average Bonchev–Trinajstić information content (AvgIpc) is 2.31. The van der Waals surface area contributed by atoms with Crippen molar-refractivity contribution in [1.29, 1.82) is 0 Å². The van der Waals surface area contributed by atoms with Crippen LogP contribution in [-0.2, 0) is 6.42 Å². The number of hydrogen-bond donors (Lipinski definition) is 1. The smallest absolute Gasteiger partial charge is 0.135 e. The lowest BCUT2D eigenvalue weighted by Gasteiger charge is -2.07. The Labute approximate surface area is 109 Å². The number of nitrogens with zero attached hydrogens (tertiary/aromatic N) is 2. The number of hydrogen-bond acceptors (Lipinski definition) is 3. The molecule has 3 nitrogen and oxygen atoms in total. The van der Waals surface area contributed by atoms with Crippen LogP contribution in [0.3, 0.4) is 0 Å². The van der Waals surface area contributed by atoms with E-state index in [2.05, 4.69) is 50.3 Å². The van der Waals surface area contributed by atoms with E-state index in [-0.39, 0.29) is 0 Å². The first-order valence-corrected chi connectivity index (χ1v) is 6.34. The zero-order valence-corrected chi connectivity index (χ0v) is 11.5. The third-order valence-electron chi connectivity index (χ3n) is 2.38. The van der Waals surface area contributed by atoms with Crippen molar-refractivity contribution in [2.24, 2.45) is 0 Å². The Morgan fingerprint density at radius 2 is 1.88 bits per heavy atom. The molecule has 0 amide bonds. The van der Waals surface area contributed by atoms with Crippen molar-refractivity contribution in [3.63, 3.8) is 0 Å². The van der Waals surface area contributed by atoms with Crippen molar-refractivity contribution < 1.29 is 0 Å². The minimum absolute atomic E-state index is 0.805. The van der Waals surface area contributed by atoms with Gasteiger partial charge in [0.1, 0.15) is 16.2 Å². The topological polar surface area (TPSA) is 37.8 Å². The highest BCUT2D eigenvalue weighted by molar-refractivity contribution is 9.10. The van der Waals surface area contributed by atoms with Gasteiger partial charge in [0, 0.05) is 18.2 Å². The molecular weight excluding hydrogens is 278 g/mol. The first-order valence-electron chi connectivity index (χ1n) is 5.54. The SMILES string of the molecule is CCc1nc(Br)cc(Nc2ccc(C)cc2)n1. The number of benzene rings is 1. The van der Waals surface area contributed by atoms with Gasteiger partial charge in [0.2, 0.25) is 0 Å². The molecule has 2 rings (SSSR count). The summed E-state index contributed by atoms with van der Waals surface area (Å²) in [5.74, 6) is 1.64. The van der Waals surface area contributed by atoms with Crippen molar-refractivity contribution in [3.05, 3.63) is 46.3 Å². The number of aromatic nitrogens is 2. The largest absolute Gasteiger partial charge is 0.340 e. The number of aryl methyl sites for hydroxylation is 2. The fourth-order valence-electron chi connectivity index (χ4n) is 1.47. The quantitative estimate of drug-likeness (QED) is 0.873. The van der Waals surface area contributed by atoms with Crippen molar-refractivity contribution in [3.8, 4) is 0 Å². The Morgan fingerprint density at radius 3 is 2.53 bits per heavy atom. The maximum absolute atomic E-state index is 4.42. The third kappa shape index (κ3) is 3.27. The van der Waals surface area contributed by atoms with Gasteiger partial charge in [-0.15, -0.1) is 0 Å². The van der Waals surface area contributed by atoms with Gasteiger partial charge in [-0.2, -0.15) is 0 Å². The van der Waals surface area contributed by atoms with Crippen LogP contribution in [0, 0.1) is 6.92 Å². The molecule has 0 unspecified atom stereocenters. The molecular formula is C13H14BrN3. The second kappa shape index (κ2) is 5.27. The summed E-state index contributed by atoms with van der Waals surface area (Å²) < 4.78 is 0.805. The van der Waals surface area contributed by atoms with Crippen LogP contribution in [-0.4, -0.2) is 9.97 Å². The summed E-state index contributed by atoms with van der Waals surface area (Å²) in [5, 5.41) is 3.27. The Bertz CT molecular complexity index is 509. The zero-order valence-electron chi connectivity index (χ0n) is 9.87. The fourth-order valence-corrected chi connectivity index (χ4v) is 1.89. The van der Waals surface area contributed by atoms with E-state index in [4.69, 9.17) is 0 Å². The predicted octanol–water partition coefficient (Wildman–Crippen LogP) is 3.85. The van der Waals surface area contributed by atoms with Crippen LogP contribution in [0.1, 0.15) is 18.3 Å². The standard InChI is InChI=1S/C13H14BrN3/c1-3-12-16-11(14)8-13(17-12)15-10-6-4-9(2)5-7-10/h4-8H,3H2,1-2H3,(H,15,16,17). The van der Waals surface area contributed by atoms with Crippen LogP contribution in [0.5, 0.6) is 0 Å². The summed E-state index contributed by atoms with van der Waals surface area (Å²) >= 11 is 3.39. The molecule has 0 spiro atoms. The lowest BCUT2D eigenvalue weighted by atomic mass is 10.2. The maximum atomic E-state index is 4.42. The molecule has 0 fully saturated rings. The minimum Gasteiger partial charge on any atom is -0.340 e. The van der Waals surface area contributed by atoms with E-state index in [1.165, 1.54) is 5.56 Å². The number of anilines is 2. The van der Waals surface area contributed by atoms with E-state index in [0.29, 0.717) is 0 Å². The van der Waals surface area contributed by atoms with E-state index in [0.717, 1.165) is 28.4 Å². The Balaban J connectivity index is 2.23. The summed E-state index contributed by atoms with van der Waals surface area (Å²) in [6, 6.07) is 10.1. The van der Waals surface area contributed by atoms with Gasteiger partial charge in [-0.05, 0) is 35.0 Å². The molecule has 1 aromatic carbocycles. The van der Waals surface area contributed by atoms with E-state index < -0.39 is 0 Å². The van der Waals surface area contributed by atoms with Crippen molar-refractivity contribution in [2.75, 3.05) is 5.32 Å². The van der Waals surface area contributed by atoms with E-state index >= 15 is 0 Å². The highest BCUT2D eigenvalue weighted by Crippen LogP contribution is 2.18. The molecule has 0 aliphatic heterocycles. The molecule has 1 N–H and O–H groups in total. The average molecular weight is 292 g/mol. The van der Waals surface area contributed by atoms with Gasteiger partial charge in [-0.3, -0.25) is 0 Å². The predicted molar refractivity (Wildman–Crippen MR) is 73.6 cm³/mol. The van der Waals surface area contributed by atoms with Crippen LogP contribution < -0.4 is 5.32 Å². The number of nitrogens with one attached hydrogen (secondary N) is 1. The molecule has 0 atom stereocenters. The van der Waals surface area contributed by atoms with Gasteiger partial charge in [0.25, 0.3) is 0 Å². The molecule has 1 heterocycles. The van der Waals surface area contributed by atoms with Gasteiger partial charge in [0.05, 0.1) is 0 Å². The summed E-state index contributed by atoms with van der Waals surface area (Å²) in [6.07, 6.45) is 0.821. The Hall–Kier alpha value is -1.42. The summed E-state index contributed by atoms with van der Waals surface area (Å²) in [4.78, 5) is 8.69. The van der Waals surface area contributed by atoms with Crippen LogP contribution in [0.15, 0.2) is 34.9 Å². The van der Waals surface area contributed by atoms with Crippen molar-refractivity contribution in [2.45, 2.75) is 20.3 Å². The first kappa shape index (κ1) is 12.0. The zero-order chi connectivity index (χ0) is 12.3. The van der Waals surface area contributed by atoms with E-state index in [1.807, 2.05) is 25.1 Å². The Morgan fingerprint density at radius 1 is 1.18 bits per heavy atom. The number of rotatable bonds is 3. The van der Waals surface area contributed by atoms with Gasteiger partial charge in [-0.25, -0.2) is 9.97 Å². The molecule has 0 aliphatic rings. The first-order chi connectivity index (χ1) is 8.17. The molecule has 17 heavy (non-hydrogen) atoms. The normalized spacial score (nSPS) is 10.3. The second-order valence-electron chi connectivity index (χ2n) is 3.84.